The van der Waals surface area contributed by atoms with Crippen molar-refractivity contribution in [3.05, 3.63) is 65.9 Å². The predicted molar refractivity (Wildman–Crippen MR) is 110 cm³/mol. The first-order valence-corrected chi connectivity index (χ1v) is 9.94. The van der Waals surface area contributed by atoms with Gasteiger partial charge in [-0.25, -0.2) is 9.37 Å². The maximum Gasteiger partial charge on any atom is 0.251 e. The first kappa shape index (κ1) is 19.1. The molecule has 2 N–H and O–H groups in total. The molecular formula is C22H24FN5O. The van der Waals surface area contributed by atoms with Crippen LogP contribution in [0.4, 0.5) is 10.2 Å². The van der Waals surface area contributed by atoms with E-state index in [1.807, 2.05) is 13.0 Å². The number of anilines is 1. The predicted octanol–water partition coefficient (Wildman–Crippen LogP) is 3.74. The highest BCUT2D eigenvalue weighted by atomic mass is 19.1. The number of nitrogens with one attached hydrogen (secondary N) is 2. The minimum absolute atomic E-state index is 0.0862. The number of nitrogens with zero attached hydrogens (tertiary/aromatic N) is 3. The van der Waals surface area contributed by atoms with Gasteiger partial charge in [0.2, 0.25) is 0 Å². The molecule has 6 nitrogen and oxygen atoms in total. The van der Waals surface area contributed by atoms with Gasteiger partial charge >= 0.3 is 0 Å². The van der Waals surface area contributed by atoms with Crippen LogP contribution in [-0.4, -0.2) is 40.7 Å². The summed E-state index contributed by atoms with van der Waals surface area (Å²) in [6.07, 6.45) is 5.53. The molecular weight excluding hydrogens is 369 g/mol. The quantitative estimate of drug-likeness (QED) is 0.692. The van der Waals surface area contributed by atoms with Gasteiger partial charge in [-0.3, -0.25) is 9.89 Å². The van der Waals surface area contributed by atoms with Crippen LogP contribution in [0.25, 0.3) is 11.1 Å². The third-order valence-electron chi connectivity index (χ3n) is 5.32. The van der Waals surface area contributed by atoms with E-state index in [0.29, 0.717) is 12.1 Å². The topological polar surface area (TPSA) is 73.9 Å². The zero-order chi connectivity index (χ0) is 20.2. The molecule has 3 heterocycles. The molecule has 29 heavy (non-hydrogen) atoms. The highest BCUT2D eigenvalue weighted by Gasteiger charge is 2.26. The molecule has 4 rings (SSSR count). The monoisotopic (exact) mass is 393 g/mol. The molecule has 1 fully saturated rings. The molecule has 1 aliphatic rings. The standard InChI is InChI=1S/C22H24FN5O/c1-2-24-22(29)16-9-10-25-20(12-16)28-11-3-4-17(14-28)21-19(13-26-27-21)15-5-7-18(23)8-6-15/h5-10,12-13,17H,2-4,11,14H2,1H3,(H,24,29)(H,26,27). The summed E-state index contributed by atoms with van der Waals surface area (Å²) >= 11 is 0. The number of aromatic amines is 1. The van der Waals surface area contributed by atoms with Gasteiger partial charge in [0.1, 0.15) is 11.6 Å². The van der Waals surface area contributed by atoms with E-state index in [1.54, 1.807) is 30.6 Å². The molecule has 1 aliphatic heterocycles. The fourth-order valence-electron chi connectivity index (χ4n) is 3.88. The molecule has 1 amide bonds. The van der Waals surface area contributed by atoms with Crippen LogP contribution in [0.3, 0.4) is 0 Å². The Bertz CT molecular complexity index is 985. The van der Waals surface area contributed by atoms with Crippen molar-refractivity contribution in [2.75, 3.05) is 24.5 Å². The zero-order valence-corrected chi connectivity index (χ0v) is 16.4. The number of hydrogen-bond acceptors (Lipinski definition) is 4. The average Bonchev–Trinajstić information content (AvgIpc) is 3.25. The minimum Gasteiger partial charge on any atom is -0.356 e. The average molecular weight is 393 g/mol. The molecule has 2 aromatic heterocycles. The van der Waals surface area contributed by atoms with Gasteiger partial charge in [0.25, 0.3) is 5.91 Å². The minimum atomic E-state index is -0.249. The Morgan fingerprint density at radius 1 is 1.31 bits per heavy atom. The summed E-state index contributed by atoms with van der Waals surface area (Å²) in [5, 5.41) is 10.2. The third-order valence-corrected chi connectivity index (χ3v) is 5.32. The highest BCUT2D eigenvalue weighted by molar-refractivity contribution is 5.94. The Morgan fingerprint density at radius 3 is 2.93 bits per heavy atom. The Labute approximate surface area is 169 Å². The van der Waals surface area contributed by atoms with Crippen LogP contribution in [-0.2, 0) is 0 Å². The van der Waals surface area contributed by atoms with Crippen molar-refractivity contribution < 1.29 is 9.18 Å². The number of H-pyrrole nitrogens is 1. The summed E-state index contributed by atoms with van der Waals surface area (Å²) in [7, 11) is 0. The van der Waals surface area contributed by atoms with E-state index in [4.69, 9.17) is 0 Å². The lowest BCUT2D eigenvalue weighted by atomic mass is 9.90. The van der Waals surface area contributed by atoms with Gasteiger partial charge in [0, 0.05) is 48.6 Å². The molecule has 1 unspecified atom stereocenters. The van der Waals surface area contributed by atoms with Crippen LogP contribution >= 0.6 is 0 Å². The van der Waals surface area contributed by atoms with Crippen molar-refractivity contribution in [2.45, 2.75) is 25.7 Å². The zero-order valence-electron chi connectivity index (χ0n) is 16.4. The lowest BCUT2D eigenvalue weighted by Gasteiger charge is -2.33. The van der Waals surface area contributed by atoms with Crippen molar-refractivity contribution >= 4 is 11.7 Å². The van der Waals surface area contributed by atoms with Crippen LogP contribution < -0.4 is 10.2 Å². The van der Waals surface area contributed by atoms with Crippen molar-refractivity contribution in [3.8, 4) is 11.1 Å². The van der Waals surface area contributed by atoms with Crippen LogP contribution in [0.1, 0.15) is 41.7 Å². The van der Waals surface area contributed by atoms with E-state index < -0.39 is 0 Å². The summed E-state index contributed by atoms with van der Waals surface area (Å²) in [6, 6.07) is 10.1. The number of carbonyl (C=O) groups excluding carboxylic acids is 1. The number of piperidine rings is 1. The van der Waals surface area contributed by atoms with E-state index in [0.717, 1.165) is 48.6 Å². The summed E-state index contributed by atoms with van der Waals surface area (Å²) in [6.45, 7) is 4.16. The number of hydrogen-bond donors (Lipinski definition) is 2. The summed E-state index contributed by atoms with van der Waals surface area (Å²) in [4.78, 5) is 18.9. The molecule has 0 bridgehead atoms. The van der Waals surface area contributed by atoms with Gasteiger partial charge in [0.15, 0.2) is 0 Å². The van der Waals surface area contributed by atoms with Crippen LogP contribution in [0.5, 0.6) is 0 Å². The highest BCUT2D eigenvalue weighted by Crippen LogP contribution is 2.34. The second-order valence-electron chi connectivity index (χ2n) is 7.25. The third kappa shape index (κ3) is 4.13. The summed E-state index contributed by atoms with van der Waals surface area (Å²) < 4.78 is 13.3. The van der Waals surface area contributed by atoms with E-state index in [1.165, 1.54) is 12.1 Å². The molecule has 3 aromatic rings. The van der Waals surface area contributed by atoms with Crippen molar-refractivity contribution in [3.63, 3.8) is 0 Å². The van der Waals surface area contributed by atoms with E-state index in [2.05, 4.69) is 25.4 Å². The Kier molecular flexibility index (Phi) is 5.55. The fraction of sp³-hybridized carbons (Fsp3) is 0.318. The Hall–Kier alpha value is -3.22. The van der Waals surface area contributed by atoms with Gasteiger partial charge in [-0.1, -0.05) is 12.1 Å². The first-order chi connectivity index (χ1) is 14.2. The number of benzene rings is 1. The van der Waals surface area contributed by atoms with E-state index >= 15 is 0 Å². The SMILES string of the molecule is CCNC(=O)c1ccnc(N2CCCC(c3[nH]ncc3-c3ccc(F)cc3)C2)c1. The molecule has 0 radical (unpaired) electrons. The van der Waals surface area contributed by atoms with Crippen molar-refractivity contribution in [1.29, 1.82) is 0 Å². The number of carbonyl (C=O) groups is 1. The molecule has 150 valence electrons. The molecule has 0 saturated carbocycles. The fourth-order valence-corrected chi connectivity index (χ4v) is 3.88. The number of amides is 1. The number of rotatable bonds is 5. The van der Waals surface area contributed by atoms with Crippen LogP contribution in [0.15, 0.2) is 48.8 Å². The van der Waals surface area contributed by atoms with E-state index in [-0.39, 0.29) is 17.6 Å². The Morgan fingerprint density at radius 2 is 2.14 bits per heavy atom. The van der Waals surface area contributed by atoms with Crippen LogP contribution in [0, 0.1) is 5.82 Å². The normalized spacial score (nSPS) is 16.6. The number of pyridine rings is 1. The molecule has 7 heteroatoms. The van der Waals surface area contributed by atoms with Crippen molar-refractivity contribution in [2.24, 2.45) is 0 Å². The number of aromatic nitrogens is 3. The Balaban J connectivity index is 1.56. The van der Waals surface area contributed by atoms with Crippen molar-refractivity contribution in [1.82, 2.24) is 20.5 Å². The maximum atomic E-state index is 13.3. The lowest BCUT2D eigenvalue weighted by molar-refractivity contribution is 0.0955. The molecule has 0 aliphatic carbocycles. The molecule has 1 aromatic carbocycles. The van der Waals surface area contributed by atoms with E-state index in [9.17, 15) is 9.18 Å². The second-order valence-corrected chi connectivity index (χ2v) is 7.25. The molecule has 1 atom stereocenters. The van der Waals surface area contributed by atoms with Gasteiger partial charge in [-0.05, 0) is 49.6 Å². The number of halogens is 1. The smallest absolute Gasteiger partial charge is 0.251 e. The summed E-state index contributed by atoms with van der Waals surface area (Å²) in [5.41, 5.74) is 3.62. The van der Waals surface area contributed by atoms with Crippen LogP contribution in [0.2, 0.25) is 0 Å². The summed E-state index contributed by atoms with van der Waals surface area (Å²) in [5.74, 6) is 0.722. The van der Waals surface area contributed by atoms with Gasteiger partial charge in [-0.2, -0.15) is 5.10 Å². The van der Waals surface area contributed by atoms with Gasteiger partial charge in [-0.15, -0.1) is 0 Å². The largest absolute Gasteiger partial charge is 0.356 e. The first-order valence-electron chi connectivity index (χ1n) is 9.94. The van der Waals surface area contributed by atoms with Gasteiger partial charge in [0.05, 0.1) is 6.20 Å². The molecule has 1 saturated heterocycles. The van der Waals surface area contributed by atoms with Gasteiger partial charge < -0.3 is 10.2 Å². The molecule has 0 spiro atoms. The lowest BCUT2D eigenvalue weighted by Crippen LogP contribution is -2.35. The second kappa shape index (κ2) is 8.43. The maximum absolute atomic E-state index is 13.3.